The van der Waals surface area contributed by atoms with Crippen molar-refractivity contribution in [1.82, 2.24) is 5.32 Å². The van der Waals surface area contributed by atoms with Gasteiger partial charge in [0.1, 0.15) is 0 Å². The first kappa shape index (κ1) is 14.4. The highest BCUT2D eigenvalue weighted by atomic mass is 35.5. The van der Waals surface area contributed by atoms with Crippen molar-refractivity contribution in [3.05, 3.63) is 34.9 Å². The summed E-state index contributed by atoms with van der Waals surface area (Å²) in [5, 5.41) is 4.41. The standard InChI is InChI=1S/C17H24ClNO/c1-2-19-13-17(14-4-3-5-15(18)10-14)11-16(12-17)6-8-20-9-7-16/h3-5,10,19H,2,6-9,11-13H2,1H3. The molecule has 0 unspecified atom stereocenters. The minimum absolute atomic E-state index is 0.276. The Bertz CT molecular complexity index is 460. The van der Waals surface area contributed by atoms with Gasteiger partial charge in [-0.05, 0) is 55.3 Å². The van der Waals surface area contributed by atoms with E-state index >= 15 is 0 Å². The number of benzene rings is 1. The average Bonchev–Trinajstić information content (AvgIpc) is 2.43. The van der Waals surface area contributed by atoms with Crippen LogP contribution in [-0.4, -0.2) is 26.3 Å². The molecule has 20 heavy (non-hydrogen) atoms. The van der Waals surface area contributed by atoms with Crippen LogP contribution in [0, 0.1) is 5.41 Å². The lowest BCUT2D eigenvalue weighted by Crippen LogP contribution is -2.56. The fourth-order valence-corrected chi connectivity index (χ4v) is 4.35. The van der Waals surface area contributed by atoms with Crippen molar-refractivity contribution in [2.24, 2.45) is 5.41 Å². The third-order valence-electron chi connectivity index (χ3n) is 5.13. The predicted molar refractivity (Wildman–Crippen MR) is 83.4 cm³/mol. The molecule has 1 saturated carbocycles. The molecule has 1 aromatic carbocycles. The second-order valence-electron chi connectivity index (χ2n) is 6.54. The largest absolute Gasteiger partial charge is 0.381 e. The van der Waals surface area contributed by atoms with Crippen LogP contribution in [-0.2, 0) is 10.2 Å². The lowest BCUT2D eigenvalue weighted by Gasteiger charge is -2.58. The first-order chi connectivity index (χ1) is 9.68. The summed E-state index contributed by atoms with van der Waals surface area (Å²) in [5.74, 6) is 0. The molecule has 2 aliphatic rings. The fourth-order valence-electron chi connectivity index (χ4n) is 4.16. The van der Waals surface area contributed by atoms with Gasteiger partial charge in [-0.1, -0.05) is 30.7 Å². The summed E-state index contributed by atoms with van der Waals surface area (Å²) in [5.41, 5.74) is 2.21. The van der Waals surface area contributed by atoms with E-state index in [9.17, 15) is 0 Å². The van der Waals surface area contributed by atoms with Crippen molar-refractivity contribution in [3.8, 4) is 0 Å². The molecule has 0 atom stereocenters. The first-order valence-electron chi connectivity index (χ1n) is 7.73. The van der Waals surface area contributed by atoms with Crippen LogP contribution in [0.5, 0.6) is 0 Å². The SMILES string of the molecule is CCNCC1(c2cccc(Cl)c2)CC2(CCOCC2)C1. The first-order valence-corrected chi connectivity index (χ1v) is 8.10. The maximum absolute atomic E-state index is 6.20. The highest BCUT2D eigenvalue weighted by Crippen LogP contribution is 2.60. The van der Waals surface area contributed by atoms with Gasteiger partial charge in [0.2, 0.25) is 0 Å². The van der Waals surface area contributed by atoms with Gasteiger partial charge in [-0.15, -0.1) is 0 Å². The van der Waals surface area contributed by atoms with Crippen LogP contribution in [0.15, 0.2) is 24.3 Å². The Kier molecular flexibility index (Phi) is 4.07. The van der Waals surface area contributed by atoms with Gasteiger partial charge >= 0.3 is 0 Å². The number of likely N-dealkylation sites (N-methyl/N-ethyl adjacent to an activating group) is 1. The molecule has 1 aliphatic carbocycles. The molecule has 0 amide bonds. The summed E-state index contributed by atoms with van der Waals surface area (Å²) in [6.07, 6.45) is 5.00. The molecule has 2 nitrogen and oxygen atoms in total. The molecule has 1 aliphatic heterocycles. The van der Waals surface area contributed by atoms with Crippen molar-refractivity contribution in [2.45, 2.75) is 38.0 Å². The molecule has 1 heterocycles. The quantitative estimate of drug-likeness (QED) is 0.912. The summed E-state index contributed by atoms with van der Waals surface area (Å²) < 4.78 is 5.54. The Labute approximate surface area is 126 Å². The molecule has 1 aromatic rings. The number of halogens is 1. The third-order valence-corrected chi connectivity index (χ3v) is 5.37. The summed E-state index contributed by atoms with van der Waals surface area (Å²) in [6, 6.07) is 8.45. The number of rotatable bonds is 4. The fraction of sp³-hybridized carbons (Fsp3) is 0.647. The van der Waals surface area contributed by atoms with Crippen molar-refractivity contribution in [2.75, 3.05) is 26.3 Å². The van der Waals surface area contributed by atoms with Crippen LogP contribution >= 0.6 is 11.6 Å². The van der Waals surface area contributed by atoms with Gasteiger partial charge in [-0.25, -0.2) is 0 Å². The summed E-state index contributed by atoms with van der Waals surface area (Å²) in [4.78, 5) is 0. The van der Waals surface area contributed by atoms with Crippen LogP contribution in [0.1, 0.15) is 38.2 Å². The zero-order valence-electron chi connectivity index (χ0n) is 12.3. The molecule has 0 bridgehead atoms. The number of hydrogen-bond acceptors (Lipinski definition) is 2. The lowest BCUT2D eigenvalue weighted by molar-refractivity contribution is -0.0735. The van der Waals surface area contributed by atoms with Gasteiger partial charge in [0.05, 0.1) is 0 Å². The number of ether oxygens (including phenoxy) is 1. The number of nitrogens with one attached hydrogen (secondary N) is 1. The van der Waals surface area contributed by atoms with E-state index in [-0.39, 0.29) is 5.41 Å². The van der Waals surface area contributed by atoms with Gasteiger partial charge in [0, 0.05) is 30.2 Å². The zero-order chi connectivity index (χ0) is 14.1. The summed E-state index contributed by atoms with van der Waals surface area (Å²) in [6.45, 7) is 6.14. The van der Waals surface area contributed by atoms with E-state index in [2.05, 4.69) is 30.4 Å². The molecule has 3 rings (SSSR count). The van der Waals surface area contributed by atoms with E-state index in [1.165, 1.54) is 31.2 Å². The zero-order valence-corrected chi connectivity index (χ0v) is 13.0. The van der Waals surface area contributed by atoms with Gasteiger partial charge in [0.25, 0.3) is 0 Å². The molecule has 3 heteroatoms. The van der Waals surface area contributed by atoms with Crippen LogP contribution in [0.4, 0.5) is 0 Å². The van der Waals surface area contributed by atoms with Crippen LogP contribution in [0.2, 0.25) is 5.02 Å². The highest BCUT2D eigenvalue weighted by molar-refractivity contribution is 6.30. The van der Waals surface area contributed by atoms with Crippen LogP contribution in [0.3, 0.4) is 0 Å². The normalized spacial score (nSPS) is 23.5. The smallest absolute Gasteiger partial charge is 0.0471 e. The topological polar surface area (TPSA) is 21.3 Å². The van der Waals surface area contributed by atoms with Crippen molar-refractivity contribution in [1.29, 1.82) is 0 Å². The summed E-state index contributed by atoms with van der Waals surface area (Å²) in [7, 11) is 0. The molecule has 1 spiro atoms. The minimum atomic E-state index is 0.276. The van der Waals surface area contributed by atoms with Gasteiger partial charge in [-0.2, -0.15) is 0 Å². The van der Waals surface area contributed by atoms with Crippen LogP contribution in [0.25, 0.3) is 0 Å². The highest BCUT2D eigenvalue weighted by Gasteiger charge is 2.54. The molecule has 2 fully saturated rings. The second-order valence-corrected chi connectivity index (χ2v) is 6.97. The van der Waals surface area contributed by atoms with E-state index in [4.69, 9.17) is 16.3 Å². The van der Waals surface area contributed by atoms with Gasteiger partial charge in [-0.3, -0.25) is 0 Å². The van der Waals surface area contributed by atoms with E-state index < -0.39 is 0 Å². The van der Waals surface area contributed by atoms with Crippen molar-refractivity contribution in [3.63, 3.8) is 0 Å². The average molecular weight is 294 g/mol. The summed E-state index contributed by atoms with van der Waals surface area (Å²) >= 11 is 6.20. The molecular formula is C17H24ClNO. The van der Waals surface area contributed by atoms with Crippen LogP contribution < -0.4 is 5.32 Å². The molecule has 0 radical (unpaired) electrons. The number of hydrogen-bond donors (Lipinski definition) is 1. The van der Waals surface area contributed by atoms with E-state index in [0.717, 1.165) is 31.3 Å². The van der Waals surface area contributed by atoms with Gasteiger partial charge < -0.3 is 10.1 Å². The molecule has 0 aromatic heterocycles. The monoisotopic (exact) mass is 293 g/mol. The maximum atomic E-state index is 6.20. The second kappa shape index (κ2) is 5.67. The maximum Gasteiger partial charge on any atom is 0.0471 e. The lowest BCUT2D eigenvalue weighted by atomic mass is 9.48. The Hall–Kier alpha value is -0.570. The van der Waals surface area contributed by atoms with Crippen molar-refractivity contribution < 1.29 is 4.74 Å². The van der Waals surface area contributed by atoms with Crippen molar-refractivity contribution >= 4 is 11.6 Å². The Morgan fingerprint density at radius 2 is 2.00 bits per heavy atom. The Morgan fingerprint density at radius 1 is 1.25 bits per heavy atom. The molecule has 1 saturated heterocycles. The van der Waals surface area contributed by atoms with E-state index in [0.29, 0.717) is 5.41 Å². The van der Waals surface area contributed by atoms with E-state index in [1.54, 1.807) is 0 Å². The molecule has 1 N–H and O–H groups in total. The Morgan fingerprint density at radius 3 is 2.65 bits per heavy atom. The molecular weight excluding hydrogens is 270 g/mol. The minimum Gasteiger partial charge on any atom is -0.381 e. The van der Waals surface area contributed by atoms with E-state index in [1.807, 2.05) is 6.07 Å². The predicted octanol–water partition coefficient (Wildman–Crippen LogP) is 3.78. The Balaban J connectivity index is 1.81. The van der Waals surface area contributed by atoms with Gasteiger partial charge in [0.15, 0.2) is 0 Å². The third kappa shape index (κ3) is 2.61. The molecule has 110 valence electrons.